The third kappa shape index (κ3) is 5.07. The summed E-state index contributed by atoms with van der Waals surface area (Å²) in [5.74, 6) is -1.19. The molecule has 1 unspecified atom stereocenters. The molecule has 1 atom stereocenters. The van der Waals surface area contributed by atoms with Crippen LogP contribution in [0, 0.1) is 6.92 Å². The largest absolute Gasteiger partial charge is 0.482 e. The minimum absolute atomic E-state index is 0.129. The molecule has 0 spiro atoms. The Balaban J connectivity index is 2.43. The summed E-state index contributed by atoms with van der Waals surface area (Å²) in [7, 11) is 1.26. The van der Waals surface area contributed by atoms with Crippen molar-refractivity contribution >= 4 is 23.5 Å². The lowest BCUT2D eigenvalue weighted by Crippen LogP contribution is -2.39. The maximum Gasteiger partial charge on any atom is 0.334 e. The number of hydrogen-bond acceptors (Lipinski definition) is 4. The molecule has 2 N–H and O–H groups in total. The number of amides is 1. The summed E-state index contributed by atoms with van der Waals surface area (Å²) in [4.78, 5) is 22.2. The van der Waals surface area contributed by atoms with Gasteiger partial charge in [-0.1, -0.05) is 17.7 Å². The molecule has 0 heterocycles. The number of rotatable bonds is 7. The van der Waals surface area contributed by atoms with E-state index in [1.807, 2.05) is 13.0 Å². The van der Waals surface area contributed by atoms with Crippen LogP contribution in [0.4, 0.5) is 0 Å². The lowest BCUT2D eigenvalue weighted by Gasteiger charge is -2.12. The number of carboxylic acid groups (broad SMARTS) is 1. The van der Waals surface area contributed by atoms with Crippen molar-refractivity contribution in [1.29, 1.82) is 0 Å². The SMILES string of the molecule is COC(CNC(=O)COc1cc(C)ccc1Cl)C(=O)O. The predicted octanol–water partition coefficient (Wildman–Crippen LogP) is 1.24. The Morgan fingerprint density at radius 3 is 2.75 bits per heavy atom. The molecule has 0 saturated carbocycles. The first-order valence-corrected chi connectivity index (χ1v) is 6.23. The van der Waals surface area contributed by atoms with Crippen molar-refractivity contribution in [3.63, 3.8) is 0 Å². The minimum atomic E-state index is -1.14. The van der Waals surface area contributed by atoms with Gasteiger partial charge in [-0.25, -0.2) is 4.79 Å². The molecule has 1 rings (SSSR count). The van der Waals surface area contributed by atoms with Crippen molar-refractivity contribution in [2.24, 2.45) is 0 Å². The fourth-order valence-corrected chi connectivity index (χ4v) is 1.57. The first-order valence-electron chi connectivity index (χ1n) is 5.85. The van der Waals surface area contributed by atoms with Gasteiger partial charge in [0.1, 0.15) is 5.75 Å². The van der Waals surface area contributed by atoms with Gasteiger partial charge in [0.15, 0.2) is 12.7 Å². The Bertz CT molecular complexity index is 492. The van der Waals surface area contributed by atoms with Gasteiger partial charge in [-0.3, -0.25) is 4.79 Å². The van der Waals surface area contributed by atoms with Gasteiger partial charge in [0.2, 0.25) is 0 Å². The van der Waals surface area contributed by atoms with E-state index < -0.39 is 18.0 Å². The highest BCUT2D eigenvalue weighted by molar-refractivity contribution is 6.32. The van der Waals surface area contributed by atoms with Gasteiger partial charge in [0.05, 0.1) is 11.6 Å². The van der Waals surface area contributed by atoms with Crippen LogP contribution >= 0.6 is 11.6 Å². The van der Waals surface area contributed by atoms with Gasteiger partial charge in [0, 0.05) is 7.11 Å². The Kier molecular flexibility index (Phi) is 6.27. The van der Waals surface area contributed by atoms with E-state index in [4.69, 9.17) is 21.4 Å². The number of benzene rings is 1. The van der Waals surface area contributed by atoms with Crippen LogP contribution in [0.2, 0.25) is 5.02 Å². The molecule has 0 aliphatic heterocycles. The summed E-state index contributed by atoms with van der Waals surface area (Å²) in [6.45, 7) is 1.49. The number of aliphatic carboxylic acids is 1. The van der Waals surface area contributed by atoms with Gasteiger partial charge in [-0.05, 0) is 24.6 Å². The average Bonchev–Trinajstić information content (AvgIpc) is 2.40. The highest BCUT2D eigenvalue weighted by Crippen LogP contribution is 2.24. The maximum absolute atomic E-state index is 11.5. The van der Waals surface area contributed by atoms with Gasteiger partial charge < -0.3 is 19.9 Å². The molecular weight excluding hydrogens is 286 g/mol. The van der Waals surface area contributed by atoms with E-state index in [1.165, 1.54) is 7.11 Å². The summed E-state index contributed by atoms with van der Waals surface area (Å²) < 4.78 is 9.96. The molecule has 20 heavy (non-hydrogen) atoms. The van der Waals surface area contributed by atoms with Crippen molar-refractivity contribution in [1.82, 2.24) is 5.32 Å². The second-order valence-electron chi connectivity index (χ2n) is 4.09. The molecule has 0 aliphatic rings. The molecule has 0 aromatic heterocycles. The number of nitrogens with one attached hydrogen (secondary N) is 1. The standard InChI is InChI=1S/C13H16ClNO5/c1-8-3-4-9(14)10(5-8)20-7-12(16)15-6-11(19-2)13(17)18/h3-5,11H,6-7H2,1-2H3,(H,15,16)(H,17,18). The predicted molar refractivity (Wildman–Crippen MR) is 73.1 cm³/mol. The van der Waals surface area contributed by atoms with Crippen LogP contribution in [0.25, 0.3) is 0 Å². The van der Waals surface area contributed by atoms with E-state index in [2.05, 4.69) is 10.1 Å². The molecule has 0 fully saturated rings. The molecular formula is C13H16ClNO5. The molecule has 110 valence electrons. The van der Waals surface area contributed by atoms with Crippen LogP contribution in [0.5, 0.6) is 5.75 Å². The van der Waals surface area contributed by atoms with Gasteiger partial charge >= 0.3 is 5.97 Å². The maximum atomic E-state index is 11.5. The number of carboxylic acids is 1. The molecule has 0 aliphatic carbocycles. The Hall–Kier alpha value is -1.79. The summed E-state index contributed by atoms with van der Waals surface area (Å²) >= 11 is 5.92. The van der Waals surface area contributed by atoms with Crippen LogP contribution in [0.3, 0.4) is 0 Å². The minimum Gasteiger partial charge on any atom is -0.482 e. The quantitative estimate of drug-likeness (QED) is 0.791. The van der Waals surface area contributed by atoms with Crippen molar-refractivity contribution < 1.29 is 24.2 Å². The summed E-state index contributed by atoms with van der Waals surface area (Å²) in [5.41, 5.74) is 0.954. The Morgan fingerprint density at radius 1 is 1.45 bits per heavy atom. The molecule has 7 heteroatoms. The van der Waals surface area contributed by atoms with E-state index in [0.717, 1.165) is 5.56 Å². The molecule has 0 saturated heterocycles. The topological polar surface area (TPSA) is 84.9 Å². The molecule has 1 aromatic rings. The van der Waals surface area contributed by atoms with E-state index in [0.29, 0.717) is 10.8 Å². The zero-order valence-electron chi connectivity index (χ0n) is 11.2. The third-order valence-electron chi connectivity index (χ3n) is 2.49. The summed E-state index contributed by atoms with van der Waals surface area (Å²) in [5, 5.41) is 11.5. The lowest BCUT2D eigenvalue weighted by atomic mass is 10.2. The number of aryl methyl sites for hydroxylation is 1. The highest BCUT2D eigenvalue weighted by atomic mass is 35.5. The molecule has 6 nitrogen and oxygen atoms in total. The first-order chi connectivity index (χ1) is 9.43. The van der Waals surface area contributed by atoms with Crippen molar-refractivity contribution in [3.8, 4) is 5.75 Å². The molecule has 1 aromatic carbocycles. The van der Waals surface area contributed by atoms with Crippen LogP contribution in [0.15, 0.2) is 18.2 Å². The zero-order valence-corrected chi connectivity index (χ0v) is 11.9. The van der Waals surface area contributed by atoms with Crippen LogP contribution in [-0.2, 0) is 14.3 Å². The summed E-state index contributed by atoms with van der Waals surface area (Å²) in [6.07, 6.45) is -1.08. The Labute approximate surface area is 121 Å². The second kappa shape index (κ2) is 7.72. The number of halogens is 1. The monoisotopic (exact) mass is 301 g/mol. The van der Waals surface area contributed by atoms with E-state index in [9.17, 15) is 9.59 Å². The van der Waals surface area contributed by atoms with Crippen molar-refractivity contribution in [2.75, 3.05) is 20.3 Å². The molecule has 0 radical (unpaired) electrons. The van der Waals surface area contributed by atoms with Crippen LogP contribution in [0.1, 0.15) is 5.56 Å². The number of ether oxygens (including phenoxy) is 2. The first kappa shape index (κ1) is 16.3. The smallest absolute Gasteiger partial charge is 0.334 e. The number of carbonyl (C=O) groups excluding carboxylic acids is 1. The van der Waals surface area contributed by atoms with Crippen molar-refractivity contribution in [3.05, 3.63) is 28.8 Å². The Morgan fingerprint density at radius 2 is 2.15 bits per heavy atom. The third-order valence-corrected chi connectivity index (χ3v) is 2.80. The summed E-state index contributed by atoms with van der Waals surface area (Å²) in [6, 6.07) is 5.21. The van der Waals surface area contributed by atoms with Gasteiger partial charge in [-0.2, -0.15) is 0 Å². The normalized spacial score (nSPS) is 11.8. The van der Waals surface area contributed by atoms with Crippen LogP contribution < -0.4 is 10.1 Å². The molecule has 1 amide bonds. The second-order valence-corrected chi connectivity index (χ2v) is 4.50. The van der Waals surface area contributed by atoms with Crippen molar-refractivity contribution in [2.45, 2.75) is 13.0 Å². The number of carbonyl (C=O) groups is 2. The van der Waals surface area contributed by atoms with Gasteiger partial charge in [-0.15, -0.1) is 0 Å². The average molecular weight is 302 g/mol. The molecule has 0 bridgehead atoms. The number of hydrogen-bond donors (Lipinski definition) is 2. The highest BCUT2D eigenvalue weighted by Gasteiger charge is 2.17. The fourth-order valence-electron chi connectivity index (χ4n) is 1.39. The van der Waals surface area contributed by atoms with E-state index >= 15 is 0 Å². The zero-order chi connectivity index (χ0) is 15.1. The van der Waals surface area contributed by atoms with E-state index in [-0.39, 0.29) is 13.2 Å². The van der Waals surface area contributed by atoms with Crippen LogP contribution in [-0.4, -0.2) is 43.3 Å². The number of methoxy groups -OCH3 is 1. The fraction of sp³-hybridized carbons (Fsp3) is 0.385. The van der Waals surface area contributed by atoms with E-state index in [1.54, 1.807) is 12.1 Å². The van der Waals surface area contributed by atoms with Gasteiger partial charge in [0.25, 0.3) is 5.91 Å². The lowest BCUT2D eigenvalue weighted by molar-refractivity contribution is -0.148.